The van der Waals surface area contributed by atoms with Crippen molar-refractivity contribution >= 4 is 16.9 Å². The summed E-state index contributed by atoms with van der Waals surface area (Å²) < 4.78 is 3.62. The lowest BCUT2D eigenvalue weighted by Crippen LogP contribution is -2.29. The van der Waals surface area contributed by atoms with Gasteiger partial charge in [0.2, 0.25) is 0 Å². The van der Waals surface area contributed by atoms with Gasteiger partial charge in [0.05, 0.1) is 11.4 Å². The number of rotatable bonds is 4. The van der Waals surface area contributed by atoms with E-state index >= 15 is 0 Å². The zero-order chi connectivity index (χ0) is 20.7. The lowest BCUT2D eigenvalue weighted by Gasteiger charge is -2.26. The smallest absolute Gasteiger partial charge is 0.258 e. The first-order chi connectivity index (χ1) is 14.6. The van der Waals surface area contributed by atoms with Crippen molar-refractivity contribution in [1.29, 1.82) is 0 Å². The monoisotopic (exact) mass is 399 g/mol. The number of pyridine rings is 2. The molecule has 0 amide bonds. The van der Waals surface area contributed by atoms with Crippen LogP contribution in [0.4, 0.5) is 0 Å². The van der Waals surface area contributed by atoms with Gasteiger partial charge in [-0.25, -0.2) is 9.97 Å². The molecule has 5 heterocycles. The SMILES string of the molecule is CCCN1CC=C(c2ccc3nc(-c4ccc5nc(C)cn5c4)cc(=O)n3c2)CC1. The van der Waals surface area contributed by atoms with Crippen LogP contribution < -0.4 is 5.56 Å². The van der Waals surface area contributed by atoms with Crippen LogP contribution in [0, 0.1) is 6.92 Å². The Bertz CT molecular complexity index is 1330. The molecule has 0 aromatic carbocycles. The Balaban J connectivity index is 1.50. The summed E-state index contributed by atoms with van der Waals surface area (Å²) in [5.74, 6) is 0. The molecule has 0 spiro atoms. The largest absolute Gasteiger partial charge is 0.306 e. The van der Waals surface area contributed by atoms with Gasteiger partial charge in [0.15, 0.2) is 0 Å². The summed E-state index contributed by atoms with van der Waals surface area (Å²) in [6, 6.07) is 9.55. The molecule has 4 aromatic heterocycles. The van der Waals surface area contributed by atoms with Crippen LogP contribution in [0.25, 0.3) is 28.1 Å². The van der Waals surface area contributed by atoms with E-state index < -0.39 is 0 Å². The van der Waals surface area contributed by atoms with Gasteiger partial charge in [0, 0.05) is 43.3 Å². The third-order valence-corrected chi connectivity index (χ3v) is 5.73. The summed E-state index contributed by atoms with van der Waals surface area (Å²) in [6.07, 6.45) is 10.3. The molecule has 4 aromatic rings. The molecule has 0 bridgehead atoms. The third kappa shape index (κ3) is 3.44. The van der Waals surface area contributed by atoms with Gasteiger partial charge in [-0.15, -0.1) is 0 Å². The molecule has 0 unspecified atom stereocenters. The van der Waals surface area contributed by atoms with E-state index in [0.717, 1.165) is 48.5 Å². The van der Waals surface area contributed by atoms with E-state index in [4.69, 9.17) is 4.98 Å². The summed E-state index contributed by atoms with van der Waals surface area (Å²) in [7, 11) is 0. The van der Waals surface area contributed by atoms with Crippen molar-refractivity contribution in [2.75, 3.05) is 19.6 Å². The Labute approximate surface area is 175 Å². The van der Waals surface area contributed by atoms with Crippen molar-refractivity contribution in [2.45, 2.75) is 26.7 Å². The number of fused-ring (bicyclic) bond motifs is 2. The first-order valence-electron chi connectivity index (χ1n) is 10.5. The van der Waals surface area contributed by atoms with Crippen LogP contribution in [-0.2, 0) is 0 Å². The predicted molar refractivity (Wildman–Crippen MR) is 120 cm³/mol. The topological polar surface area (TPSA) is 54.9 Å². The molecule has 0 saturated carbocycles. The van der Waals surface area contributed by atoms with E-state index in [1.54, 1.807) is 10.5 Å². The summed E-state index contributed by atoms with van der Waals surface area (Å²) in [5.41, 5.74) is 6.42. The second kappa shape index (κ2) is 7.54. The fourth-order valence-corrected chi connectivity index (χ4v) is 4.20. The maximum Gasteiger partial charge on any atom is 0.258 e. The molecule has 0 N–H and O–H groups in total. The van der Waals surface area contributed by atoms with Crippen LogP contribution in [0.3, 0.4) is 0 Å². The van der Waals surface area contributed by atoms with Crippen molar-refractivity contribution in [3.8, 4) is 11.3 Å². The van der Waals surface area contributed by atoms with Crippen molar-refractivity contribution in [3.63, 3.8) is 0 Å². The zero-order valence-corrected chi connectivity index (χ0v) is 17.4. The van der Waals surface area contributed by atoms with E-state index in [-0.39, 0.29) is 5.56 Å². The molecule has 0 atom stereocenters. The average Bonchev–Trinajstić information content (AvgIpc) is 3.13. The van der Waals surface area contributed by atoms with Crippen molar-refractivity contribution < 1.29 is 0 Å². The molecule has 1 aliphatic rings. The van der Waals surface area contributed by atoms with Gasteiger partial charge >= 0.3 is 0 Å². The van der Waals surface area contributed by atoms with Crippen molar-refractivity contribution in [3.05, 3.63) is 76.6 Å². The number of imidazole rings is 1. The van der Waals surface area contributed by atoms with Crippen LogP contribution in [0.2, 0.25) is 0 Å². The second-order valence-electron chi connectivity index (χ2n) is 7.97. The fourth-order valence-electron chi connectivity index (χ4n) is 4.20. The maximum absolute atomic E-state index is 12.9. The van der Waals surface area contributed by atoms with Crippen LogP contribution in [0.5, 0.6) is 0 Å². The van der Waals surface area contributed by atoms with Crippen molar-refractivity contribution in [1.82, 2.24) is 23.7 Å². The summed E-state index contributed by atoms with van der Waals surface area (Å²) in [4.78, 5) is 24.5. The normalized spacial score (nSPS) is 15.1. The molecule has 0 aliphatic carbocycles. The highest BCUT2D eigenvalue weighted by molar-refractivity contribution is 5.68. The van der Waals surface area contributed by atoms with Crippen LogP contribution in [0.15, 0.2) is 59.8 Å². The number of nitrogens with zero attached hydrogens (tertiary/aromatic N) is 5. The Kier molecular flexibility index (Phi) is 4.71. The first-order valence-corrected chi connectivity index (χ1v) is 10.5. The summed E-state index contributed by atoms with van der Waals surface area (Å²) in [6.45, 7) is 7.36. The number of hydrogen-bond acceptors (Lipinski definition) is 4. The molecule has 0 fully saturated rings. The highest BCUT2D eigenvalue weighted by atomic mass is 16.1. The van der Waals surface area contributed by atoms with E-state index in [9.17, 15) is 4.79 Å². The zero-order valence-electron chi connectivity index (χ0n) is 17.4. The van der Waals surface area contributed by atoms with Gasteiger partial charge < -0.3 is 4.40 Å². The van der Waals surface area contributed by atoms with Gasteiger partial charge in [0.1, 0.15) is 11.3 Å². The lowest BCUT2D eigenvalue weighted by atomic mass is 10.0. The Morgan fingerprint density at radius 3 is 2.63 bits per heavy atom. The molecule has 6 nitrogen and oxygen atoms in total. The number of aryl methyl sites for hydroxylation is 1. The summed E-state index contributed by atoms with van der Waals surface area (Å²) >= 11 is 0. The molecule has 152 valence electrons. The van der Waals surface area contributed by atoms with Crippen LogP contribution in [-0.4, -0.2) is 43.3 Å². The molecule has 30 heavy (non-hydrogen) atoms. The van der Waals surface area contributed by atoms with Gasteiger partial charge in [-0.2, -0.15) is 0 Å². The molecule has 6 heteroatoms. The molecular weight excluding hydrogens is 374 g/mol. The quantitative estimate of drug-likeness (QED) is 0.524. The average molecular weight is 399 g/mol. The Morgan fingerprint density at radius 1 is 1.00 bits per heavy atom. The standard InChI is InChI=1S/C24H25N5O/c1-3-10-27-11-8-18(9-12-27)19-4-7-23-26-21(13-24(30)29(23)16-19)20-5-6-22-25-17(2)14-28(22)15-20/h4-8,13-16H,3,9-12H2,1-2H3. The minimum Gasteiger partial charge on any atom is -0.306 e. The molecular formula is C24H25N5O. The highest BCUT2D eigenvalue weighted by Crippen LogP contribution is 2.23. The van der Waals surface area contributed by atoms with E-state index in [0.29, 0.717) is 11.3 Å². The van der Waals surface area contributed by atoms with Gasteiger partial charge in [-0.1, -0.05) is 13.0 Å². The molecule has 5 rings (SSSR count). The Hall–Kier alpha value is -3.25. The fraction of sp³-hybridized carbons (Fsp3) is 0.292. The minimum absolute atomic E-state index is 0.0669. The molecule has 0 saturated heterocycles. The predicted octanol–water partition coefficient (Wildman–Crippen LogP) is 3.82. The third-order valence-electron chi connectivity index (χ3n) is 5.73. The maximum atomic E-state index is 12.9. The second-order valence-corrected chi connectivity index (χ2v) is 7.97. The number of aromatic nitrogens is 4. The lowest BCUT2D eigenvalue weighted by molar-refractivity contribution is 0.302. The van der Waals surface area contributed by atoms with Crippen LogP contribution in [0.1, 0.15) is 31.0 Å². The van der Waals surface area contributed by atoms with Crippen molar-refractivity contribution in [2.24, 2.45) is 0 Å². The minimum atomic E-state index is -0.0669. The van der Waals surface area contributed by atoms with Gasteiger partial charge in [-0.3, -0.25) is 14.1 Å². The Morgan fingerprint density at radius 2 is 1.83 bits per heavy atom. The van der Waals surface area contributed by atoms with Crippen LogP contribution >= 0.6 is 0 Å². The van der Waals surface area contributed by atoms with E-state index in [1.165, 1.54) is 12.0 Å². The van der Waals surface area contributed by atoms with E-state index in [2.05, 4.69) is 29.0 Å². The molecule has 1 aliphatic heterocycles. The first kappa shape index (κ1) is 18.8. The van der Waals surface area contributed by atoms with E-state index in [1.807, 2.05) is 48.1 Å². The van der Waals surface area contributed by atoms with Gasteiger partial charge in [0.25, 0.3) is 5.56 Å². The van der Waals surface area contributed by atoms with Gasteiger partial charge in [-0.05, 0) is 61.7 Å². The summed E-state index contributed by atoms with van der Waals surface area (Å²) in [5, 5.41) is 0. The highest BCUT2D eigenvalue weighted by Gasteiger charge is 2.13. The molecule has 0 radical (unpaired) electrons. The number of hydrogen-bond donors (Lipinski definition) is 0.